The Balaban J connectivity index is 1.51. The molecule has 1 N–H and O–H groups in total. The van der Waals surface area contributed by atoms with Crippen LogP contribution in [0, 0.1) is 17.1 Å². The van der Waals surface area contributed by atoms with E-state index in [-0.39, 0.29) is 23.6 Å². The molecular weight excluding hydrogens is 425 g/mol. The van der Waals surface area contributed by atoms with Crippen LogP contribution in [0.5, 0.6) is 0 Å². The van der Waals surface area contributed by atoms with Crippen molar-refractivity contribution in [3.63, 3.8) is 0 Å². The van der Waals surface area contributed by atoms with Crippen LogP contribution < -0.4 is 5.32 Å². The van der Waals surface area contributed by atoms with Gasteiger partial charge in [0.25, 0.3) is 0 Å². The van der Waals surface area contributed by atoms with E-state index in [2.05, 4.69) is 21.6 Å². The van der Waals surface area contributed by atoms with Gasteiger partial charge >= 0.3 is 0 Å². The molecular formula is C20H18FN5O2S2. The van der Waals surface area contributed by atoms with Crippen molar-refractivity contribution in [1.82, 2.24) is 14.8 Å². The van der Waals surface area contributed by atoms with Crippen molar-refractivity contribution in [3.8, 4) is 17.5 Å². The lowest BCUT2D eigenvalue weighted by atomic mass is 10.2. The highest BCUT2D eigenvalue weighted by atomic mass is 32.2. The van der Waals surface area contributed by atoms with Crippen LogP contribution in [-0.2, 0) is 16.1 Å². The van der Waals surface area contributed by atoms with Gasteiger partial charge in [0.1, 0.15) is 16.9 Å². The number of benzene rings is 1. The van der Waals surface area contributed by atoms with Gasteiger partial charge in [0.05, 0.1) is 24.0 Å². The summed E-state index contributed by atoms with van der Waals surface area (Å²) in [5.74, 6) is 0.184. The SMILES string of the molecule is N#Cc1ccsc1NC(=O)CSc1nnc(-c2ccc(F)cc2)n1C[C@@H]1CCCO1. The van der Waals surface area contributed by atoms with Crippen LogP contribution in [0.3, 0.4) is 0 Å². The normalized spacial score (nSPS) is 15.8. The maximum Gasteiger partial charge on any atom is 0.235 e. The summed E-state index contributed by atoms with van der Waals surface area (Å²) >= 11 is 2.57. The largest absolute Gasteiger partial charge is 0.376 e. The maximum atomic E-state index is 13.3. The average Bonchev–Trinajstić information content (AvgIpc) is 3.49. The summed E-state index contributed by atoms with van der Waals surface area (Å²) in [4.78, 5) is 12.4. The number of halogens is 1. The molecule has 1 fully saturated rings. The number of rotatable bonds is 7. The Hall–Kier alpha value is -2.74. The molecule has 1 aliphatic heterocycles. The van der Waals surface area contributed by atoms with E-state index in [9.17, 15) is 9.18 Å². The van der Waals surface area contributed by atoms with Gasteiger partial charge in [-0.05, 0) is 48.6 Å². The van der Waals surface area contributed by atoms with Crippen LogP contribution >= 0.6 is 23.1 Å². The van der Waals surface area contributed by atoms with Gasteiger partial charge in [-0.15, -0.1) is 21.5 Å². The summed E-state index contributed by atoms with van der Waals surface area (Å²) in [6.45, 7) is 1.29. The van der Waals surface area contributed by atoms with Gasteiger partial charge in [-0.3, -0.25) is 9.36 Å². The number of carbonyl (C=O) groups is 1. The fourth-order valence-corrected chi connectivity index (χ4v) is 4.65. The van der Waals surface area contributed by atoms with Gasteiger partial charge in [-0.25, -0.2) is 4.39 Å². The predicted molar refractivity (Wildman–Crippen MR) is 113 cm³/mol. The molecule has 0 aliphatic carbocycles. The fourth-order valence-electron chi connectivity index (χ4n) is 3.15. The maximum absolute atomic E-state index is 13.3. The number of nitrogens with zero attached hydrogens (tertiary/aromatic N) is 4. The molecule has 154 valence electrons. The summed E-state index contributed by atoms with van der Waals surface area (Å²) in [5.41, 5.74) is 1.19. The Labute approximate surface area is 180 Å². The summed E-state index contributed by atoms with van der Waals surface area (Å²) in [7, 11) is 0. The molecule has 0 unspecified atom stereocenters. The second-order valence-corrected chi connectivity index (χ2v) is 8.53. The summed E-state index contributed by atoms with van der Waals surface area (Å²) in [5, 5.41) is 23.3. The fraction of sp³-hybridized carbons (Fsp3) is 0.300. The topological polar surface area (TPSA) is 92.8 Å². The quantitative estimate of drug-likeness (QED) is 0.556. The minimum Gasteiger partial charge on any atom is -0.376 e. The van der Waals surface area contributed by atoms with Crippen molar-refractivity contribution in [2.75, 3.05) is 17.7 Å². The second kappa shape index (κ2) is 9.38. The van der Waals surface area contributed by atoms with E-state index in [1.165, 1.54) is 35.2 Å². The van der Waals surface area contributed by atoms with E-state index in [0.29, 0.717) is 28.1 Å². The molecule has 1 saturated heterocycles. The van der Waals surface area contributed by atoms with E-state index in [1.54, 1.807) is 23.6 Å². The molecule has 1 aromatic carbocycles. The molecule has 1 aliphatic rings. The number of thioether (sulfide) groups is 1. The van der Waals surface area contributed by atoms with E-state index >= 15 is 0 Å². The third-order valence-corrected chi connectivity index (χ3v) is 6.40. The number of hydrogen-bond donors (Lipinski definition) is 1. The molecule has 2 aromatic heterocycles. The second-order valence-electron chi connectivity index (χ2n) is 6.67. The smallest absolute Gasteiger partial charge is 0.235 e. The molecule has 7 nitrogen and oxygen atoms in total. The first kappa shape index (κ1) is 20.5. The highest BCUT2D eigenvalue weighted by Gasteiger charge is 2.22. The molecule has 0 spiro atoms. The van der Waals surface area contributed by atoms with E-state index in [0.717, 1.165) is 25.0 Å². The number of hydrogen-bond acceptors (Lipinski definition) is 7. The Bertz CT molecular complexity index is 1070. The Morgan fingerprint density at radius 3 is 2.93 bits per heavy atom. The van der Waals surface area contributed by atoms with Crippen molar-refractivity contribution in [1.29, 1.82) is 5.26 Å². The van der Waals surface area contributed by atoms with Crippen molar-refractivity contribution >= 4 is 34.0 Å². The van der Waals surface area contributed by atoms with Gasteiger partial charge in [0.2, 0.25) is 5.91 Å². The van der Waals surface area contributed by atoms with E-state index in [4.69, 9.17) is 10.00 Å². The third kappa shape index (κ3) is 4.70. The van der Waals surface area contributed by atoms with Gasteiger partial charge < -0.3 is 10.1 Å². The molecule has 30 heavy (non-hydrogen) atoms. The number of nitrogens with one attached hydrogen (secondary N) is 1. The molecule has 1 atom stereocenters. The average molecular weight is 444 g/mol. The molecule has 3 heterocycles. The Morgan fingerprint density at radius 1 is 1.37 bits per heavy atom. The summed E-state index contributed by atoms with van der Waals surface area (Å²) in [6, 6.07) is 9.80. The summed E-state index contributed by atoms with van der Waals surface area (Å²) < 4.78 is 21.0. The molecule has 0 radical (unpaired) electrons. The van der Waals surface area contributed by atoms with Crippen LogP contribution in [0.15, 0.2) is 40.9 Å². The van der Waals surface area contributed by atoms with Gasteiger partial charge in [-0.2, -0.15) is 5.26 Å². The molecule has 3 aromatic rings. The number of ether oxygens (including phenoxy) is 1. The number of aromatic nitrogens is 3. The minimum atomic E-state index is -0.319. The van der Waals surface area contributed by atoms with Gasteiger partial charge in [0, 0.05) is 12.2 Å². The molecule has 10 heteroatoms. The number of thiophene rings is 1. The minimum absolute atomic E-state index is 0.0534. The van der Waals surface area contributed by atoms with Crippen molar-refractivity contribution < 1.29 is 13.9 Å². The monoisotopic (exact) mass is 443 g/mol. The number of nitriles is 1. The van der Waals surface area contributed by atoms with Crippen LogP contribution in [0.25, 0.3) is 11.4 Å². The zero-order valence-electron chi connectivity index (χ0n) is 15.9. The van der Waals surface area contributed by atoms with Crippen LogP contribution in [0.1, 0.15) is 18.4 Å². The standard InChI is InChI=1S/C20H18FN5O2S2/c21-15-5-3-13(4-6-15)18-24-25-20(26(18)11-16-2-1-8-28-16)30-12-17(27)23-19-14(10-22)7-9-29-19/h3-7,9,16H,1-2,8,11-12H2,(H,23,27)/t16-/m0/s1. The summed E-state index contributed by atoms with van der Waals surface area (Å²) in [6.07, 6.45) is 2.00. The zero-order chi connectivity index (χ0) is 20.9. The molecule has 0 bridgehead atoms. The van der Waals surface area contributed by atoms with Crippen LogP contribution in [-0.4, -0.2) is 39.1 Å². The Kier molecular flexibility index (Phi) is 6.42. The first-order valence-electron chi connectivity index (χ1n) is 9.35. The molecule has 1 amide bonds. The van der Waals surface area contributed by atoms with Gasteiger partial charge in [0.15, 0.2) is 11.0 Å². The first-order valence-corrected chi connectivity index (χ1v) is 11.2. The van der Waals surface area contributed by atoms with Crippen LogP contribution in [0.2, 0.25) is 0 Å². The Morgan fingerprint density at radius 2 is 2.20 bits per heavy atom. The lowest BCUT2D eigenvalue weighted by molar-refractivity contribution is -0.113. The van der Waals surface area contributed by atoms with Crippen LogP contribution in [0.4, 0.5) is 9.39 Å². The molecule has 0 saturated carbocycles. The van der Waals surface area contributed by atoms with Crippen molar-refractivity contribution in [3.05, 3.63) is 47.1 Å². The van der Waals surface area contributed by atoms with E-state index in [1.807, 2.05) is 4.57 Å². The first-order chi connectivity index (χ1) is 14.6. The van der Waals surface area contributed by atoms with Gasteiger partial charge in [-0.1, -0.05) is 11.8 Å². The highest BCUT2D eigenvalue weighted by Crippen LogP contribution is 2.27. The number of amides is 1. The number of carbonyl (C=O) groups excluding carboxylic acids is 1. The van der Waals surface area contributed by atoms with E-state index < -0.39 is 0 Å². The zero-order valence-corrected chi connectivity index (χ0v) is 17.5. The molecule has 4 rings (SSSR count). The lowest BCUT2D eigenvalue weighted by Gasteiger charge is -2.14. The van der Waals surface area contributed by atoms with Crippen molar-refractivity contribution in [2.45, 2.75) is 30.6 Å². The number of anilines is 1. The third-order valence-electron chi connectivity index (χ3n) is 4.60. The lowest BCUT2D eigenvalue weighted by Crippen LogP contribution is -2.18. The van der Waals surface area contributed by atoms with Crippen molar-refractivity contribution in [2.24, 2.45) is 0 Å². The highest BCUT2D eigenvalue weighted by molar-refractivity contribution is 7.99. The predicted octanol–water partition coefficient (Wildman–Crippen LogP) is 3.93.